The molecule has 2 N–H and O–H groups in total. The second-order valence-corrected chi connectivity index (χ2v) is 7.66. The number of carbonyl (C=O) groups is 3. The maximum atomic E-state index is 12.9. The molecule has 1 aliphatic rings. The molecule has 7 heteroatoms. The summed E-state index contributed by atoms with van der Waals surface area (Å²) in [6.07, 6.45) is 6.51. The van der Waals surface area contributed by atoms with E-state index in [1.54, 1.807) is 0 Å². The second-order valence-electron chi connectivity index (χ2n) is 7.66. The zero-order valence-electron chi connectivity index (χ0n) is 17.1. The lowest BCUT2D eigenvalue weighted by Crippen LogP contribution is -2.48. The summed E-state index contributed by atoms with van der Waals surface area (Å²) in [5.74, 6) is -1.38. The minimum absolute atomic E-state index is 0.0865. The molecule has 1 unspecified atom stereocenters. The monoisotopic (exact) mass is 404 g/mol. The van der Waals surface area contributed by atoms with E-state index in [4.69, 9.17) is 4.74 Å². The molecule has 0 bridgehead atoms. The van der Waals surface area contributed by atoms with Crippen LogP contribution in [0.15, 0.2) is 30.3 Å². The first kappa shape index (κ1) is 22.9. The van der Waals surface area contributed by atoms with Crippen molar-refractivity contribution in [3.8, 4) is 0 Å². The Morgan fingerprint density at radius 1 is 1.28 bits per heavy atom. The van der Waals surface area contributed by atoms with Crippen molar-refractivity contribution in [2.24, 2.45) is 5.92 Å². The molecular formula is C22H32N2O5. The van der Waals surface area contributed by atoms with Crippen molar-refractivity contribution in [3.05, 3.63) is 35.9 Å². The van der Waals surface area contributed by atoms with Crippen molar-refractivity contribution in [1.82, 2.24) is 10.4 Å². The number of hydroxylamine groups is 2. The Hall–Kier alpha value is -2.41. The maximum Gasteiger partial charge on any atom is 0.329 e. The molecule has 2 amide bonds. The average Bonchev–Trinajstić information content (AvgIpc) is 3.24. The summed E-state index contributed by atoms with van der Waals surface area (Å²) < 4.78 is 5.64. The van der Waals surface area contributed by atoms with Gasteiger partial charge in [0.25, 0.3) is 0 Å². The van der Waals surface area contributed by atoms with Crippen LogP contribution in [-0.2, 0) is 25.5 Å². The van der Waals surface area contributed by atoms with Gasteiger partial charge in [0.1, 0.15) is 12.1 Å². The summed E-state index contributed by atoms with van der Waals surface area (Å²) in [5.41, 5.74) is 0.919. The molecule has 1 aromatic carbocycles. The second kappa shape index (κ2) is 12.2. The van der Waals surface area contributed by atoms with Gasteiger partial charge >= 0.3 is 5.97 Å². The van der Waals surface area contributed by atoms with Crippen LogP contribution in [-0.4, -0.2) is 47.2 Å². The van der Waals surface area contributed by atoms with Crippen LogP contribution in [0.1, 0.15) is 57.4 Å². The van der Waals surface area contributed by atoms with Gasteiger partial charge in [0.15, 0.2) is 0 Å². The SMILES string of the molecule is CCCCC(CN(O)C=O)C(=O)N[C@@H](Cc1ccccc1)C(=O)OC1CCCC1. The Kier molecular flexibility index (Phi) is 9.64. The highest BCUT2D eigenvalue weighted by atomic mass is 16.5. The van der Waals surface area contributed by atoms with Gasteiger partial charge in [-0.3, -0.25) is 14.8 Å². The molecule has 1 aliphatic carbocycles. The number of benzene rings is 1. The number of ether oxygens (including phenoxy) is 1. The van der Waals surface area contributed by atoms with Gasteiger partial charge in [0.2, 0.25) is 12.3 Å². The Morgan fingerprint density at radius 3 is 2.59 bits per heavy atom. The van der Waals surface area contributed by atoms with Gasteiger partial charge < -0.3 is 10.1 Å². The number of nitrogens with one attached hydrogen (secondary N) is 1. The maximum absolute atomic E-state index is 12.9. The third-order valence-corrected chi connectivity index (χ3v) is 5.27. The van der Waals surface area contributed by atoms with Crippen molar-refractivity contribution >= 4 is 18.3 Å². The molecule has 1 saturated carbocycles. The number of rotatable bonds is 12. The van der Waals surface area contributed by atoms with Gasteiger partial charge in [-0.05, 0) is 37.7 Å². The number of unbranched alkanes of at least 4 members (excludes halogenated alkanes) is 1. The minimum atomic E-state index is -0.807. The zero-order valence-corrected chi connectivity index (χ0v) is 17.1. The Balaban J connectivity index is 2.08. The fourth-order valence-corrected chi connectivity index (χ4v) is 3.61. The van der Waals surface area contributed by atoms with Gasteiger partial charge in [0.05, 0.1) is 12.5 Å². The normalized spacial score (nSPS) is 16.1. The molecule has 0 saturated heterocycles. The van der Waals surface area contributed by atoms with Crippen molar-refractivity contribution in [2.75, 3.05) is 6.54 Å². The van der Waals surface area contributed by atoms with Crippen LogP contribution in [0.4, 0.5) is 0 Å². The quantitative estimate of drug-likeness (QED) is 0.242. The van der Waals surface area contributed by atoms with E-state index in [0.29, 0.717) is 17.9 Å². The van der Waals surface area contributed by atoms with E-state index >= 15 is 0 Å². The van der Waals surface area contributed by atoms with Crippen LogP contribution in [0.25, 0.3) is 0 Å². The van der Waals surface area contributed by atoms with Gasteiger partial charge in [-0.2, -0.15) is 0 Å². The Morgan fingerprint density at radius 2 is 1.97 bits per heavy atom. The summed E-state index contributed by atoms with van der Waals surface area (Å²) in [6.45, 7) is 1.90. The first-order valence-corrected chi connectivity index (χ1v) is 10.5. The van der Waals surface area contributed by atoms with Crippen molar-refractivity contribution < 1.29 is 24.3 Å². The molecule has 0 aromatic heterocycles. The van der Waals surface area contributed by atoms with E-state index in [1.165, 1.54) is 0 Å². The minimum Gasteiger partial charge on any atom is -0.461 e. The molecule has 0 spiro atoms. The van der Waals surface area contributed by atoms with Crippen molar-refractivity contribution in [3.63, 3.8) is 0 Å². The average molecular weight is 405 g/mol. The van der Waals surface area contributed by atoms with Crippen LogP contribution in [0.5, 0.6) is 0 Å². The van der Waals surface area contributed by atoms with E-state index in [-0.39, 0.29) is 25.0 Å². The summed E-state index contributed by atoms with van der Waals surface area (Å²) in [7, 11) is 0. The van der Waals surface area contributed by atoms with E-state index < -0.39 is 17.9 Å². The lowest BCUT2D eigenvalue weighted by Gasteiger charge is -2.24. The van der Waals surface area contributed by atoms with Crippen LogP contribution >= 0.6 is 0 Å². The van der Waals surface area contributed by atoms with E-state index in [2.05, 4.69) is 5.32 Å². The van der Waals surface area contributed by atoms with Gasteiger partial charge in [-0.1, -0.05) is 50.1 Å². The van der Waals surface area contributed by atoms with E-state index in [1.807, 2.05) is 37.3 Å². The van der Waals surface area contributed by atoms with Gasteiger partial charge in [-0.25, -0.2) is 9.86 Å². The number of esters is 1. The van der Waals surface area contributed by atoms with Crippen molar-refractivity contribution in [2.45, 2.75) is 70.4 Å². The highest BCUT2D eigenvalue weighted by Gasteiger charge is 2.30. The lowest BCUT2D eigenvalue weighted by atomic mass is 9.99. The summed E-state index contributed by atoms with van der Waals surface area (Å²) in [5, 5.41) is 12.8. The van der Waals surface area contributed by atoms with Crippen LogP contribution < -0.4 is 5.32 Å². The molecule has 0 radical (unpaired) electrons. The van der Waals surface area contributed by atoms with E-state index in [9.17, 15) is 19.6 Å². The molecule has 160 valence electrons. The summed E-state index contributed by atoms with van der Waals surface area (Å²) in [4.78, 5) is 36.4. The topological polar surface area (TPSA) is 95.9 Å². The molecule has 2 rings (SSSR count). The zero-order chi connectivity index (χ0) is 21.1. The number of amides is 2. The third-order valence-electron chi connectivity index (χ3n) is 5.27. The number of hydrogen-bond acceptors (Lipinski definition) is 5. The fourth-order valence-electron chi connectivity index (χ4n) is 3.61. The molecule has 1 fully saturated rings. The molecule has 2 atom stereocenters. The Labute approximate surface area is 172 Å². The van der Waals surface area contributed by atoms with Crippen LogP contribution in [0.3, 0.4) is 0 Å². The summed E-state index contributed by atoms with van der Waals surface area (Å²) in [6, 6.07) is 8.65. The lowest BCUT2D eigenvalue weighted by molar-refractivity contribution is -0.157. The van der Waals surface area contributed by atoms with Crippen LogP contribution in [0, 0.1) is 5.92 Å². The molecule has 7 nitrogen and oxygen atoms in total. The highest BCUT2D eigenvalue weighted by molar-refractivity contribution is 5.86. The number of nitrogens with zero attached hydrogens (tertiary/aromatic N) is 1. The highest BCUT2D eigenvalue weighted by Crippen LogP contribution is 2.22. The van der Waals surface area contributed by atoms with Crippen molar-refractivity contribution in [1.29, 1.82) is 0 Å². The smallest absolute Gasteiger partial charge is 0.329 e. The number of hydrogen-bond donors (Lipinski definition) is 2. The molecular weight excluding hydrogens is 372 g/mol. The molecule has 29 heavy (non-hydrogen) atoms. The fraction of sp³-hybridized carbons (Fsp3) is 0.591. The molecule has 0 heterocycles. The van der Waals surface area contributed by atoms with Gasteiger partial charge in [0, 0.05) is 6.42 Å². The molecule has 1 aromatic rings. The predicted octanol–water partition coefficient (Wildman–Crippen LogP) is 2.85. The Bertz CT molecular complexity index is 646. The standard InChI is InChI=1S/C22H32N2O5/c1-2-3-11-18(15-24(28)16-25)21(26)23-20(14-17-9-5-4-6-10-17)22(27)29-19-12-7-8-13-19/h4-6,9-10,16,18-20,28H,2-3,7-8,11-15H2,1H3,(H,23,26)/t18?,20-/m0/s1. The van der Waals surface area contributed by atoms with Gasteiger partial charge in [-0.15, -0.1) is 0 Å². The largest absolute Gasteiger partial charge is 0.461 e. The first-order valence-electron chi connectivity index (χ1n) is 10.5. The van der Waals surface area contributed by atoms with E-state index in [0.717, 1.165) is 44.1 Å². The predicted molar refractivity (Wildman–Crippen MR) is 108 cm³/mol. The third kappa shape index (κ3) is 7.85. The summed E-state index contributed by atoms with van der Waals surface area (Å²) >= 11 is 0. The van der Waals surface area contributed by atoms with Crippen LogP contribution in [0.2, 0.25) is 0 Å². The number of carbonyl (C=O) groups excluding carboxylic acids is 3. The first-order chi connectivity index (χ1) is 14.0. The molecule has 0 aliphatic heterocycles.